The summed E-state index contributed by atoms with van der Waals surface area (Å²) < 4.78 is 8.68. The number of para-hydroxylation sites is 2. The van der Waals surface area contributed by atoms with Crippen LogP contribution in [0.1, 0.15) is 92.6 Å². The number of fused-ring (bicyclic) bond motifs is 2. The SMILES string of the molecule is CCN1/C(=C\C=C2\CCCC(/C=C/C3=[N+](CC)c4ccccc4C3(C)C)=C2OC(=O)c2ccccc2C=O)C(C)(C)c2ccccc21. The third kappa shape index (κ3) is 5.62. The maximum absolute atomic E-state index is 13.7. The molecule has 6 rings (SSSR count). The molecule has 0 bridgehead atoms. The molecule has 0 amide bonds. The maximum Gasteiger partial charge on any atom is 0.344 e. The molecule has 0 spiro atoms. The van der Waals surface area contributed by atoms with Crippen LogP contribution < -0.4 is 4.90 Å². The summed E-state index contributed by atoms with van der Waals surface area (Å²) in [5.74, 6) is 0.0673. The van der Waals surface area contributed by atoms with E-state index in [9.17, 15) is 9.59 Å². The fourth-order valence-corrected chi connectivity index (χ4v) is 7.61. The molecular weight excluding hydrogens is 580 g/mol. The summed E-state index contributed by atoms with van der Waals surface area (Å²) in [4.78, 5) is 27.9. The van der Waals surface area contributed by atoms with Crippen LogP contribution in [0.15, 0.2) is 120 Å². The number of carbonyl (C=O) groups excluding carboxylic acids is 2. The monoisotopic (exact) mass is 625 g/mol. The molecule has 3 aromatic rings. The van der Waals surface area contributed by atoms with E-state index in [2.05, 4.69) is 124 Å². The number of rotatable bonds is 8. The van der Waals surface area contributed by atoms with Crippen LogP contribution in [0.3, 0.4) is 0 Å². The Labute approximate surface area is 279 Å². The van der Waals surface area contributed by atoms with Crippen LogP contribution in [0.25, 0.3) is 0 Å². The number of hydrogen-bond acceptors (Lipinski definition) is 4. The molecule has 1 aliphatic carbocycles. The summed E-state index contributed by atoms with van der Waals surface area (Å²) >= 11 is 0. The Hall–Kier alpha value is -4.77. The number of aldehydes is 1. The fraction of sp³-hybridized carbons (Fsp3) is 0.310. The van der Waals surface area contributed by atoms with Crippen molar-refractivity contribution in [2.45, 2.75) is 71.6 Å². The number of esters is 1. The highest BCUT2D eigenvalue weighted by molar-refractivity contribution is 6.03. The molecule has 0 fully saturated rings. The lowest BCUT2D eigenvalue weighted by Crippen LogP contribution is -2.27. The van der Waals surface area contributed by atoms with E-state index < -0.39 is 5.97 Å². The number of benzene rings is 3. The standard InChI is InChI=1S/C42H45N2O3/c1-7-43-35-22-13-11-20-33(35)41(3,4)37(43)26-24-29-17-15-18-30(39(29)47-40(46)32-19-10-9-16-31(32)28-45)25-27-38-42(5,6)34-21-12-14-23-36(34)44(38)8-2/h9-14,16,19-28H,7-8,15,17-18H2,1-6H3/q+1. The minimum absolute atomic E-state index is 0.173. The average molecular weight is 626 g/mol. The zero-order valence-corrected chi connectivity index (χ0v) is 28.5. The first-order chi connectivity index (χ1) is 22.6. The molecule has 5 nitrogen and oxygen atoms in total. The fourth-order valence-electron chi connectivity index (χ4n) is 7.61. The van der Waals surface area contributed by atoms with Crippen molar-refractivity contribution in [2.75, 3.05) is 18.0 Å². The second-order valence-corrected chi connectivity index (χ2v) is 13.5. The number of hydrogen-bond donors (Lipinski definition) is 0. The quantitative estimate of drug-likeness (QED) is 0.142. The third-order valence-electron chi connectivity index (χ3n) is 10.1. The predicted molar refractivity (Wildman–Crippen MR) is 191 cm³/mol. The molecule has 0 saturated heterocycles. The van der Waals surface area contributed by atoms with Gasteiger partial charge >= 0.3 is 5.97 Å². The topological polar surface area (TPSA) is 49.6 Å². The minimum atomic E-state index is -0.519. The van der Waals surface area contributed by atoms with Crippen LogP contribution >= 0.6 is 0 Å². The Kier molecular flexibility index (Phi) is 8.76. The van der Waals surface area contributed by atoms with Gasteiger partial charge in [-0.15, -0.1) is 0 Å². The summed E-state index contributed by atoms with van der Waals surface area (Å²) in [7, 11) is 0. The number of nitrogens with zero attached hydrogens (tertiary/aromatic N) is 2. The molecule has 0 atom stereocenters. The van der Waals surface area contributed by atoms with Gasteiger partial charge in [0.05, 0.1) is 11.0 Å². The molecule has 0 unspecified atom stereocenters. The van der Waals surface area contributed by atoms with Crippen molar-refractivity contribution >= 4 is 29.3 Å². The highest BCUT2D eigenvalue weighted by atomic mass is 16.5. The first kappa shape index (κ1) is 32.2. The predicted octanol–water partition coefficient (Wildman–Crippen LogP) is 9.37. The van der Waals surface area contributed by atoms with Crippen molar-refractivity contribution in [3.05, 3.63) is 142 Å². The van der Waals surface area contributed by atoms with Gasteiger partial charge in [-0.3, -0.25) is 4.79 Å². The van der Waals surface area contributed by atoms with Crippen LogP contribution in [0.4, 0.5) is 11.4 Å². The van der Waals surface area contributed by atoms with Gasteiger partial charge in [0.25, 0.3) is 0 Å². The molecule has 5 heteroatoms. The number of ether oxygens (including phenoxy) is 1. The Balaban J connectivity index is 1.45. The van der Waals surface area contributed by atoms with Gasteiger partial charge in [-0.25, -0.2) is 4.79 Å². The summed E-state index contributed by atoms with van der Waals surface area (Å²) in [5, 5.41) is 0. The number of allylic oxidation sites excluding steroid dienone is 7. The number of carbonyl (C=O) groups is 2. The minimum Gasteiger partial charge on any atom is -0.422 e. The summed E-state index contributed by atoms with van der Waals surface area (Å²) in [6.07, 6.45) is 11.9. The van der Waals surface area contributed by atoms with Crippen molar-refractivity contribution in [3.8, 4) is 0 Å². The van der Waals surface area contributed by atoms with Gasteiger partial charge in [-0.05, 0) is 88.0 Å². The van der Waals surface area contributed by atoms with E-state index >= 15 is 0 Å². The van der Waals surface area contributed by atoms with Gasteiger partial charge in [0.15, 0.2) is 12.0 Å². The molecule has 3 aromatic carbocycles. The van der Waals surface area contributed by atoms with Gasteiger partial charge in [-0.2, -0.15) is 4.58 Å². The van der Waals surface area contributed by atoms with E-state index in [0.717, 1.165) is 43.5 Å². The molecule has 3 aliphatic rings. The first-order valence-electron chi connectivity index (χ1n) is 16.8. The molecule has 0 saturated carbocycles. The van der Waals surface area contributed by atoms with Crippen molar-refractivity contribution in [3.63, 3.8) is 0 Å². The molecule has 2 aliphatic heterocycles. The first-order valence-corrected chi connectivity index (χ1v) is 16.8. The summed E-state index contributed by atoms with van der Waals surface area (Å²) in [6.45, 7) is 15.2. The summed E-state index contributed by atoms with van der Waals surface area (Å²) in [6, 6.07) is 24.0. The largest absolute Gasteiger partial charge is 0.422 e. The Morgan fingerprint density at radius 3 is 2.30 bits per heavy atom. The lowest BCUT2D eigenvalue weighted by Gasteiger charge is -2.26. The van der Waals surface area contributed by atoms with E-state index in [1.54, 1.807) is 24.3 Å². The van der Waals surface area contributed by atoms with Gasteiger partial charge in [0.2, 0.25) is 5.69 Å². The van der Waals surface area contributed by atoms with Crippen LogP contribution in [-0.2, 0) is 15.6 Å². The van der Waals surface area contributed by atoms with Crippen molar-refractivity contribution in [1.82, 2.24) is 0 Å². The Morgan fingerprint density at radius 2 is 1.55 bits per heavy atom. The van der Waals surface area contributed by atoms with E-state index in [-0.39, 0.29) is 16.4 Å². The van der Waals surface area contributed by atoms with Crippen molar-refractivity contribution in [1.29, 1.82) is 0 Å². The maximum atomic E-state index is 13.7. The van der Waals surface area contributed by atoms with Crippen molar-refractivity contribution < 1.29 is 18.9 Å². The highest BCUT2D eigenvalue weighted by Gasteiger charge is 2.43. The smallest absolute Gasteiger partial charge is 0.344 e. The van der Waals surface area contributed by atoms with Crippen LogP contribution in [0.2, 0.25) is 0 Å². The van der Waals surface area contributed by atoms with E-state index in [1.165, 1.54) is 33.9 Å². The second kappa shape index (κ2) is 12.8. The molecule has 2 heterocycles. The molecular formula is C42H45N2O3+. The third-order valence-corrected chi connectivity index (χ3v) is 10.1. The van der Waals surface area contributed by atoms with E-state index in [4.69, 9.17) is 4.74 Å². The summed E-state index contributed by atoms with van der Waals surface area (Å²) in [5.41, 5.74) is 9.73. The normalized spacial score (nSPS) is 19.9. The van der Waals surface area contributed by atoms with Crippen LogP contribution in [0.5, 0.6) is 0 Å². The van der Waals surface area contributed by atoms with Gasteiger partial charge < -0.3 is 9.64 Å². The zero-order valence-electron chi connectivity index (χ0n) is 28.5. The van der Waals surface area contributed by atoms with Crippen molar-refractivity contribution in [2.24, 2.45) is 0 Å². The van der Waals surface area contributed by atoms with Gasteiger partial charge in [-0.1, -0.05) is 74.5 Å². The molecule has 47 heavy (non-hydrogen) atoms. The van der Waals surface area contributed by atoms with E-state index in [1.807, 2.05) is 0 Å². The zero-order chi connectivity index (χ0) is 33.3. The van der Waals surface area contributed by atoms with Crippen LogP contribution in [0, 0.1) is 0 Å². The number of likely N-dealkylation sites (N-methyl/N-ethyl adjacent to an activating group) is 1. The van der Waals surface area contributed by atoms with Crippen LogP contribution in [-0.4, -0.2) is 35.6 Å². The molecule has 0 N–H and O–H groups in total. The molecule has 0 radical (unpaired) electrons. The lowest BCUT2D eigenvalue weighted by molar-refractivity contribution is -0.433. The molecule has 240 valence electrons. The second-order valence-electron chi connectivity index (χ2n) is 13.5. The average Bonchev–Trinajstić information content (AvgIpc) is 3.44. The lowest BCUT2D eigenvalue weighted by atomic mass is 9.81. The van der Waals surface area contributed by atoms with Gasteiger partial charge in [0.1, 0.15) is 12.3 Å². The Bertz CT molecular complexity index is 1900. The highest BCUT2D eigenvalue weighted by Crippen LogP contribution is 2.47. The van der Waals surface area contributed by atoms with Gasteiger partial charge in [0, 0.05) is 46.6 Å². The van der Waals surface area contributed by atoms with E-state index in [0.29, 0.717) is 17.6 Å². The molecule has 0 aromatic heterocycles. The Morgan fingerprint density at radius 1 is 0.851 bits per heavy atom. The number of anilines is 1.